The number of phosphoric acid groups is 1. The van der Waals surface area contributed by atoms with Crippen LogP contribution in [0.5, 0.6) is 0 Å². The molecule has 0 saturated carbocycles. The summed E-state index contributed by atoms with van der Waals surface area (Å²) in [6.07, 6.45) is -0.642. The molecule has 1 aromatic carbocycles. The minimum absolute atomic E-state index is 0.202. The van der Waals surface area contributed by atoms with E-state index in [1.807, 2.05) is 37.3 Å². The van der Waals surface area contributed by atoms with Crippen LogP contribution in [0.15, 0.2) is 43.0 Å². The van der Waals surface area contributed by atoms with Crippen molar-refractivity contribution in [1.29, 1.82) is 0 Å². The molecule has 0 spiro atoms. The molecule has 4 heterocycles. The first-order chi connectivity index (χ1) is 18.3. The Labute approximate surface area is 216 Å². The van der Waals surface area contributed by atoms with Gasteiger partial charge in [-0.15, -0.1) is 0 Å². The standard InChI is InChI=1S/C23H25N6O8P/c1-2-10-24-23(30)28-20-17-21(26-12-25-20)29(13-27-17)22-19-18(15(35-22)11-34-38(31,32)33)36-16(37-19)9-8-14-6-4-3-5-7-14/h3-7,12-13,15-16,18-19,22H,2,10-11H2,1H3,(H2,31,32,33)(H2,24,25,26,28,30)/t15-,16?,18-,19-,22-/m1/s1. The van der Waals surface area contributed by atoms with E-state index in [-0.39, 0.29) is 5.82 Å². The Balaban J connectivity index is 1.41. The highest BCUT2D eigenvalue weighted by atomic mass is 31.2. The molecule has 0 bridgehead atoms. The number of nitrogens with one attached hydrogen (secondary N) is 2. The van der Waals surface area contributed by atoms with E-state index in [1.165, 1.54) is 12.7 Å². The first-order valence-corrected chi connectivity index (χ1v) is 13.3. The molecule has 1 unspecified atom stereocenters. The summed E-state index contributed by atoms with van der Waals surface area (Å²) in [5.74, 6) is 6.11. The van der Waals surface area contributed by atoms with Crippen LogP contribution in [0.4, 0.5) is 10.6 Å². The molecule has 38 heavy (non-hydrogen) atoms. The first kappa shape index (κ1) is 26.2. The summed E-state index contributed by atoms with van der Waals surface area (Å²) in [6.45, 7) is 1.98. The molecule has 2 fully saturated rings. The van der Waals surface area contributed by atoms with Gasteiger partial charge >= 0.3 is 13.9 Å². The molecular weight excluding hydrogens is 519 g/mol. The van der Waals surface area contributed by atoms with Crippen LogP contribution in [-0.2, 0) is 23.3 Å². The number of rotatable bonds is 7. The van der Waals surface area contributed by atoms with Crippen LogP contribution in [-0.4, -0.2) is 73.1 Å². The average molecular weight is 544 g/mol. The lowest BCUT2D eigenvalue weighted by molar-refractivity contribution is -0.129. The summed E-state index contributed by atoms with van der Waals surface area (Å²) in [5, 5.41) is 5.36. The number of nitrogens with zero attached hydrogens (tertiary/aromatic N) is 4. The lowest BCUT2D eigenvalue weighted by atomic mass is 10.1. The maximum atomic E-state index is 12.2. The monoisotopic (exact) mass is 544 g/mol. The fourth-order valence-electron chi connectivity index (χ4n) is 4.12. The highest BCUT2D eigenvalue weighted by molar-refractivity contribution is 7.46. The normalized spacial score (nSPS) is 24.6. The van der Waals surface area contributed by atoms with Crippen molar-refractivity contribution < 1.29 is 37.9 Å². The van der Waals surface area contributed by atoms with Gasteiger partial charge in [0.05, 0.1) is 12.9 Å². The largest absolute Gasteiger partial charge is 0.469 e. The van der Waals surface area contributed by atoms with Crippen LogP contribution in [0, 0.1) is 11.8 Å². The Hall–Kier alpha value is -3.41. The molecule has 14 nitrogen and oxygen atoms in total. The topological polar surface area (TPSA) is 179 Å². The Kier molecular flexibility index (Phi) is 7.68. The van der Waals surface area contributed by atoms with Crippen molar-refractivity contribution in [1.82, 2.24) is 24.8 Å². The van der Waals surface area contributed by atoms with E-state index >= 15 is 0 Å². The maximum absolute atomic E-state index is 12.2. The van der Waals surface area contributed by atoms with Crippen molar-refractivity contribution in [3.8, 4) is 11.8 Å². The predicted octanol–water partition coefficient (Wildman–Crippen LogP) is 1.53. The number of amides is 2. The molecule has 5 rings (SSSR count). The van der Waals surface area contributed by atoms with Gasteiger partial charge in [0, 0.05) is 12.1 Å². The third kappa shape index (κ3) is 5.85. The fourth-order valence-corrected chi connectivity index (χ4v) is 4.46. The molecule has 2 aromatic heterocycles. The number of phosphoric ester groups is 1. The molecule has 2 amide bonds. The van der Waals surface area contributed by atoms with Gasteiger partial charge in [-0.2, -0.15) is 0 Å². The van der Waals surface area contributed by atoms with Gasteiger partial charge in [-0.25, -0.2) is 24.3 Å². The lowest BCUT2D eigenvalue weighted by Crippen LogP contribution is -2.31. The Morgan fingerprint density at radius 2 is 1.95 bits per heavy atom. The SMILES string of the molecule is CCCNC(=O)Nc1ncnc2c1ncn2[C@@H]1O[C@H](COP(=O)(O)O)[C@H]2OC(C#Cc3ccccc3)O[C@H]21. The summed E-state index contributed by atoms with van der Waals surface area (Å²) >= 11 is 0. The molecule has 15 heteroatoms. The number of carbonyl (C=O) groups is 1. The number of carbonyl (C=O) groups excluding carboxylic acids is 1. The minimum atomic E-state index is -4.76. The summed E-state index contributed by atoms with van der Waals surface area (Å²) in [7, 11) is -4.76. The van der Waals surface area contributed by atoms with Crippen LogP contribution in [0.3, 0.4) is 0 Å². The number of anilines is 1. The zero-order chi connectivity index (χ0) is 26.7. The number of urea groups is 1. The third-order valence-electron chi connectivity index (χ3n) is 5.76. The van der Waals surface area contributed by atoms with Crippen molar-refractivity contribution in [3.05, 3.63) is 48.5 Å². The maximum Gasteiger partial charge on any atom is 0.469 e. The van der Waals surface area contributed by atoms with E-state index in [0.717, 1.165) is 12.0 Å². The van der Waals surface area contributed by atoms with Crippen molar-refractivity contribution in [3.63, 3.8) is 0 Å². The van der Waals surface area contributed by atoms with Crippen molar-refractivity contribution in [2.24, 2.45) is 0 Å². The summed E-state index contributed by atoms with van der Waals surface area (Å²) in [4.78, 5) is 43.3. The van der Waals surface area contributed by atoms with E-state index < -0.39 is 51.3 Å². The lowest BCUT2D eigenvalue weighted by Gasteiger charge is -2.20. The Bertz CT molecular complexity index is 1400. The molecule has 2 aliphatic rings. The molecule has 200 valence electrons. The van der Waals surface area contributed by atoms with E-state index in [4.69, 9.17) is 18.7 Å². The summed E-state index contributed by atoms with van der Waals surface area (Å²) in [5.41, 5.74) is 1.42. The van der Waals surface area contributed by atoms with Gasteiger partial charge in [0.1, 0.15) is 24.6 Å². The van der Waals surface area contributed by atoms with Gasteiger partial charge < -0.3 is 29.3 Å². The predicted molar refractivity (Wildman–Crippen MR) is 131 cm³/mol. The first-order valence-electron chi connectivity index (χ1n) is 11.8. The second-order valence-electron chi connectivity index (χ2n) is 8.45. The van der Waals surface area contributed by atoms with Crippen LogP contribution in [0.25, 0.3) is 11.2 Å². The van der Waals surface area contributed by atoms with Crippen LogP contribution >= 0.6 is 7.82 Å². The van der Waals surface area contributed by atoms with E-state index in [9.17, 15) is 19.1 Å². The van der Waals surface area contributed by atoms with Crippen molar-refractivity contribution in [2.45, 2.75) is 44.2 Å². The summed E-state index contributed by atoms with van der Waals surface area (Å²) in [6, 6.07) is 8.85. The fraction of sp³-hybridized carbons (Fsp3) is 0.391. The van der Waals surface area contributed by atoms with E-state index in [2.05, 4.69) is 37.4 Å². The van der Waals surface area contributed by atoms with Crippen LogP contribution < -0.4 is 10.6 Å². The summed E-state index contributed by atoms with van der Waals surface area (Å²) < 4.78 is 35.7. The highest BCUT2D eigenvalue weighted by Crippen LogP contribution is 2.43. The van der Waals surface area contributed by atoms with Crippen molar-refractivity contribution in [2.75, 3.05) is 18.5 Å². The van der Waals surface area contributed by atoms with Gasteiger partial charge in [-0.05, 0) is 24.5 Å². The second-order valence-corrected chi connectivity index (χ2v) is 9.69. The molecule has 3 aromatic rings. The van der Waals surface area contributed by atoms with Crippen molar-refractivity contribution >= 4 is 30.8 Å². The molecule has 5 atom stereocenters. The number of hydrogen-bond acceptors (Lipinski definition) is 9. The van der Waals surface area contributed by atoms with E-state index in [0.29, 0.717) is 17.7 Å². The second kappa shape index (κ2) is 11.1. The number of aromatic nitrogens is 4. The van der Waals surface area contributed by atoms with Crippen LogP contribution in [0.1, 0.15) is 25.1 Å². The highest BCUT2D eigenvalue weighted by Gasteiger charge is 2.54. The number of fused-ring (bicyclic) bond motifs is 2. The van der Waals surface area contributed by atoms with E-state index in [1.54, 1.807) is 4.57 Å². The van der Waals surface area contributed by atoms with Gasteiger partial charge in [0.15, 0.2) is 23.2 Å². The van der Waals surface area contributed by atoms with Gasteiger partial charge in [0.2, 0.25) is 6.29 Å². The average Bonchev–Trinajstić information content (AvgIpc) is 3.59. The Morgan fingerprint density at radius 3 is 2.71 bits per heavy atom. The van der Waals surface area contributed by atoms with Gasteiger partial charge in [0.25, 0.3) is 0 Å². The zero-order valence-corrected chi connectivity index (χ0v) is 21.0. The quantitative estimate of drug-likeness (QED) is 0.250. The Morgan fingerprint density at radius 1 is 1.16 bits per heavy atom. The zero-order valence-electron chi connectivity index (χ0n) is 20.1. The molecule has 4 N–H and O–H groups in total. The molecule has 2 saturated heterocycles. The molecule has 2 aliphatic heterocycles. The molecule has 0 aliphatic carbocycles. The smallest absolute Gasteiger partial charge is 0.347 e. The number of imidazole rings is 1. The molecular formula is C23H25N6O8P. The molecule has 0 radical (unpaired) electrons. The van der Waals surface area contributed by atoms with Gasteiger partial charge in [-0.3, -0.25) is 14.4 Å². The van der Waals surface area contributed by atoms with Gasteiger partial charge in [-0.1, -0.05) is 31.0 Å². The third-order valence-corrected chi connectivity index (χ3v) is 6.25. The number of benzene rings is 1. The number of ether oxygens (including phenoxy) is 3. The van der Waals surface area contributed by atoms with Crippen LogP contribution in [0.2, 0.25) is 0 Å². The minimum Gasteiger partial charge on any atom is -0.347 e. The number of hydrogen-bond donors (Lipinski definition) is 4.